The van der Waals surface area contributed by atoms with Gasteiger partial charge in [0.25, 0.3) is 0 Å². The molecular formula is C12H17O2. The number of unbranched alkanes of at least 4 members (excludes halogenated alkanes) is 2. The van der Waals surface area contributed by atoms with Crippen LogP contribution in [0.15, 0.2) is 24.3 Å². The molecule has 0 aliphatic rings. The minimum atomic E-state index is 0.768. The zero-order valence-electron chi connectivity index (χ0n) is 8.66. The number of rotatable bonds is 7. The highest BCUT2D eigenvalue weighted by atomic mass is 16.5. The van der Waals surface area contributed by atoms with E-state index in [0.29, 0.717) is 0 Å². The molecule has 1 aromatic rings. The van der Waals surface area contributed by atoms with Crippen molar-refractivity contribution in [2.75, 3.05) is 20.3 Å². The number of hydrogen-bond acceptors (Lipinski definition) is 2. The summed E-state index contributed by atoms with van der Waals surface area (Å²) in [5.74, 6) is 0.833. The van der Waals surface area contributed by atoms with Gasteiger partial charge < -0.3 is 9.47 Å². The zero-order chi connectivity index (χ0) is 10.1. The summed E-state index contributed by atoms with van der Waals surface area (Å²) < 4.78 is 10.4. The van der Waals surface area contributed by atoms with E-state index < -0.39 is 0 Å². The van der Waals surface area contributed by atoms with Crippen molar-refractivity contribution in [2.24, 2.45) is 0 Å². The quantitative estimate of drug-likeness (QED) is 0.620. The molecule has 0 fully saturated rings. The molecule has 0 spiro atoms. The van der Waals surface area contributed by atoms with Gasteiger partial charge in [-0.3, -0.25) is 0 Å². The molecule has 0 atom stereocenters. The lowest BCUT2D eigenvalue weighted by atomic mass is 10.2. The number of benzene rings is 1. The molecule has 0 aromatic heterocycles. The van der Waals surface area contributed by atoms with Gasteiger partial charge in [-0.05, 0) is 25.3 Å². The van der Waals surface area contributed by atoms with Crippen molar-refractivity contribution < 1.29 is 9.47 Å². The van der Waals surface area contributed by atoms with Gasteiger partial charge in [0, 0.05) is 19.8 Å². The Morgan fingerprint density at radius 1 is 1.14 bits per heavy atom. The van der Waals surface area contributed by atoms with Crippen molar-refractivity contribution in [3.8, 4) is 5.75 Å². The molecule has 0 saturated carbocycles. The Morgan fingerprint density at radius 2 is 2.00 bits per heavy atom. The molecule has 0 aliphatic carbocycles. The minimum absolute atomic E-state index is 0.768. The monoisotopic (exact) mass is 193 g/mol. The van der Waals surface area contributed by atoms with Crippen molar-refractivity contribution in [3.63, 3.8) is 0 Å². The third-order valence-corrected chi connectivity index (χ3v) is 1.93. The Kier molecular flexibility index (Phi) is 5.84. The predicted octanol–water partition coefficient (Wildman–Crippen LogP) is 2.68. The summed E-state index contributed by atoms with van der Waals surface area (Å²) in [5.41, 5.74) is 0. The summed E-state index contributed by atoms with van der Waals surface area (Å²) in [6.45, 7) is 1.61. The van der Waals surface area contributed by atoms with Gasteiger partial charge in [0.2, 0.25) is 0 Å². The second kappa shape index (κ2) is 7.39. The van der Waals surface area contributed by atoms with E-state index >= 15 is 0 Å². The van der Waals surface area contributed by atoms with Gasteiger partial charge in [0.05, 0.1) is 6.61 Å². The summed E-state index contributed by atoms with van der Waals surface area (Å²) >= 11 is 0. The minimum Gasteiger partial charge on any atom is -0.493 e. The Hall–Kier alpha value is -1.02. The van der Waals surface area contributed by atoms with E-state index in [1.165, 1.54) is 0 Å². The van der Waals surface area contributed by atoms with E-state index in [4.69, 9.17) is 9.47 Å². The maximum Gasteiger partial charge on any atom is 0.127 e. The zero-order valence-corrected chi connectivity index (χ0v) is 8.66. The van der Waals surface area contributed by atoms with Crippen LogP contribution in [0.3, 0.4) is 0 Å². The van der Waals surface area contributed by atoms with E-state index in [0.717, 1.165) is 38.2 Å². The van der Waals surface area contributed by atoms with Crippen LogP contribution in [0.5, 0.6) is 5.75 Å². The molecule has 2 heteroatoms. The summed E-state index contributed by atoms with van der Waals surface area (Å²) in [6, 6.07) is 10.7. The second-order valence-corrected chi connectivity index (χ2v) is 3.13. The second-order valence-electron chi connectivity index (χ2n) is 3.13. The van der Waals surface area contributed by atoms with Crippen molar-refractivity contribution in [1.82, 2.24) is 0 Å². The smallest absolute Gasteiger partial charge is 0.127 e. The van der Waals surface area contributed by atoms with Gasteiger partial charge in [-0.2, -0.15) is 0 Å². The highest BCUT2D eigenvalue weighted by Gasteiger charge is 1.92. The molecule has 14 heavy (non-hydrogen) atoms. The Labute approximate surface area is 85.8 Å². The maximum absolute atomic E-state index is 5.49. The lowest BCUT2D eigenvalue weighted by Crippen LogP contribution is -1.98. The molecule has 0 N–H and O–H groups in total. The molecule has 0 amide bonds. The number of ether oxygens (including phenoxy) is 2. The fraction of sp³-hybridized carbons (Fsp3) is 0.500. The SMILES string of the molecule is COCCCCCOc1[c]cccc1. The van der Waals surface area contributed by atoms with E-state index in [2.05, 4.69) is 6.07 Å². The van der Waals surface area contributed by atoms with Gasteiger partial charge in [-0.1, -0.05) is 18.2 Å². The normalized spacial score (nSPS) is 10.1. The molecule has 77 valence electrons. The van der Waals surface area contributed by atoms with Crippen LogP contribution in [0, 0.1) is 6.07 Å². The largest absolute Gasteiger partial charge is 0.493 e. The lowest BCUT2D eigenvalue weighted by Gasteiger charge is -2.04. The first-order valence-electron chi connectivity index (χ1n) is 5.02. The van der Waals surface area contributed by atoms with Crippen LogP contribution < -0.4 is 4.74 Å². The van der Waals surface area contributed by atoms with Crippen LogP contribution in [-0.4, -0.2) is 20.3 Å². The Balaban J connectivity index is 1.99. The first kappa shape index (κ1) is 11.1. The fourth-order valence-corrected chi connectivity index (χ4v) is 1.17. The van der Waals surface area contributed by atoms with E-state index in [1.807, 2.05) is 24.3 Å². The van der Waals surface area contributed by atoms with Crippen LogP contribution in [0.25, 0.3) is 0 Å². The van der Waals surface area contributed by atoms with Gasteiger partial charge in [0.1, 0.15) is 5.75 Å². The molecule has 0 bridgehead atoms. The number of hydrogen-bond donors (Lipinski definition) is 0. The summed E-state index contributed by atoms with van der Waals surface area (Å²) in [7, 11) is 1.73. The summed E-state index contributed by atoms with van der Waals surface area (Å²) in [6.07, 6.45) is 3.34. The van der Waals surface area contributed by atoms with Crippen LogP contribution in [-0.2, 0) is 4.74 Å². The van der Waals surface area contributed by atoms with Gasteiger partial charge in [-0.15, -0.1) is 0 Å². The molecule has 2 nitrogen and oxygen atoms in total. The maximum atomic E-state index is 5.49. The number of para-hydroxylation sites is 1. The average Bonchev–Trinajstić information content (AvgIpc) is 2.25. The highest BCUT2D eigenvalue weighted by Crippen LogP contribution is 2.08. The summed E-state index contributed by atoms with van der Waals surface area (Å²) in [5, 5.41) is 0. The third-order valence-electron chi connectivity index (χ3n) is 1.93. The van der Waals surface area contributed by atoms with Gasteiger partial charge in [0.15, 0.2) is 0 Å². The molecule has 0 saturated heterocycles. The highest BCUT2D eigenvalue weighted by molar-refractivity contribution is 5.19. The number of methoxy groups -OCH3 is 1. The molecule has 0 unspecified atom stereocenters. The lowest BCUT2D eigenvalue weighted by molar-refractivity contribution is 0.189. The van der Waals surface area contributed by atoms with Crippen molar-refractivity contribution in [3.05, 3.63) is 30.3 Å². The van der Waals surface area contributed by atoms with Crippen molar-refractivity contribution in [2.45, 2.75) is 19.3 Å². The van der Waals surface area contributed by atoms with Crippen LogP contribution in [0.2, 0.25) is 0 Å². The van der Waals surface area contributed by atoms with Gasteiger partial charge in [-0.25, -0.2) is 0 Å². The van der Waals surface area contributed by atoms with E-state index in [-0.39, 0.29) is 0 Å². The standard InChI is InChI=1S/C12H17O2/c1-13-10-6-3-7-11-14-12-8-4-2-5-9-12/h2,4-5,8H,3,6-7,10-11H2,1H3. The third kappa shape index (κ3) is 4.87. The first-order valence-corrected chi connectivity index (χ1v) is 5.02. The van der Waals surface area contributed by atoms with Gasteiger partial charge >= 0.3 is 0 Å². The molecule has 0 heterocycles. The fourth-order valence-electron chi connectivity index (χ4n) is 1.17. The van der Waals surface area contributed by atoms with Crippen molar-refractivity contribution >= 4 is 0 Å². The average molecular weight is 193 g/mol. The predicted molar refractivity (Wildman–Crippen MR) is 56.5 cm³/mol. The Morgan fingerprint density at radius 3 is 2.71 bits per heavy atom. The van der Waals surface area contributed by atoms with E-state index in [1.54, 1.807) is 7.11 Å². The molecular weight excluding hydrogens is 176 g/mol. The summed E-state index contributed by atoms with van der Waals surface area (Å²) in [4.78, 5) is 0. The van der Waals surface area contributed by atoms with Crippen LogP contribution in [0.1, 0.15) is 19.3 Å². The first-order chi connectivity index (χ1) is 6.93. The Bertz CT molecular complexity index is 221. The molecule has 1 aromatic carbocycles. The molecule has 1 rings (SSSR count). The van der Waals surface area contributed by atoms with Crippen LogP contribution >= 0.6 is 0 Å². The van der Waals surface area contributed by atoms with Crippen LogP contribution in [0.4, 0.5) is 0 Å². The molecule has 1 radical (unpaired) electrons. The van der Waals surface area contributed by atoms with E-state index in [9.17, 15) is 0 Å². The van der Waals surface area contributed by atoms with Crippen molar-refractivity contribution in [1.29, 1.82) is 0 Å². The molecule has 0 aliphatic heterocycles. The topological polar surface area (TPSA) is 18.5 Å².